The summed E-state index contributed by atoms with van der Waals surface area (Å²) >= 11 is 0. The van der Waals surface area contributed by atoms with Crippen molar-refractivity contribution in [3.63, 3.8) is 0 Å². The van der Waals surface area contributed by atoms with Crippen molar-refractivity contribution < 1.29 is 14.5 Å². The Bertz CT molecular complexity index is 1350. The molecule has 2 aromatic carbocycles. The van der Waals surface area contributed by atoms with Gasteiger partial charge < -0.3 is 10.1 Å². The van der Waals surface area contributed by atoms with E-state index in [4.69, 9.17) is 9.72 Å². The van der Waals surface area contributed by atoms with E-state index >= 15 is 0 Å². The van der Waals surface area contributed by atoms with Gasteiger partial charge in [-0.1, -0.05) is 18.2 Å². The first-order valence-electron chi connectivity index (χ1n) is 9.98. The SMILES string of the molecule is CCn1cc(-c2cc(C(=O)Nc3cc(OC)cc([N+](=O)[O-])c3)c3ccccc3n2)c(C)n1. The number of aromatic nitrogens is 3. The Balaban J connectivity index is 1.80. The van der Waals surface area contributed by atoms with E-state index in [-0.39, 0.29) is 17.1 Å². The van der Waals surface area contributed by atoms with Crippen LogP contribution in [-0.2, 0) is 6.54 Å². The molecule has 4 rings (SSSR count). The maximum Gasteiger partial charge on any atom is 0.275 e. The first-order valence-corrected chi connectivity index (χ1v) is 9.98. The summed E-state index contributed by atoms with van der Waals surface area (Å²) in [5, 5.41) is 19.1. The molecule has 0 radical (unpaired) electrons. The summed E-state index contributed by atoms with van der Waals surface area (Å²) in [4.78, 5) is 28.7. The number of pyridine rings is 1. The molecule has 0 unspecified atom stereocenters. The number of para-hydroxylation sites is 1. The predicted molar refractivity (Wildman–Crippen MR) is 121 cm³/mol. The summed E-state index contributed by atoms with van der Waals surface area (Å²) in [5.41, 5.74) is 3.42. The standard InChI is InChI=1S/C23H21N5O4/c1-4-27-13-20(14(2)26-27)22-12-19(18-7-5-6-8-21(18)25-22)23(29)24-15-9-16(28(30)31)11-17(10-15)32-3/h5-13H,4H2,1-3H3,(H,24,29). The van der Waals surface area contributed by atoms with Crippen molar-refractivity contribution in [1.82, 2.24) is 14.8 Å². The van der Waals surface area contributed by atoms with Crippen molar-refractivity contribution >= 4 is 28.2 Å². The van der Waals surface area contributed by atoms with Crippen molar-refractivity contribution in [2.45, 2.75) is 20.4 Å². The number of benzene rings is 2. The number of rotatable bonds is 6. The van der Waals surface area contributed by atoms with Gasteiger partial charge in [0.1, 0.15) is 5.75 Å². The molecule has 0 atom stereocenters. The minimum absolute atomic E-state index is 0.178. The number of carbonyl (C=O) groups is 1. The molecule has 2 heterocycles. The number of non-ortho nitro benzene ring substituents is 1. The van der Waals surface area contributed by atoms with Gasteiger partial charge in [0.15, 0.2) is 0 Å². The van der Waals surface area contributed by atoms with Crippen LogP contribution in [0.5, 0.6) is 5.75 Å². The van der Waals surface area contributed by atoms with E-state index in [1.807, 2.05) is 49.0 Å². The fourth-order valence-electron chi connectivity index (χ4n) is 3.51. The fourth-order valence-corrected chi connectivity index (χ4v) is 3.51. The second kappa shape index (κ2) is 8.46. The second-order valence-electron chi connectivity index (χ2n) is 7.19. The number of carbonyl (C=O) groups excluding carboxylic acids is 1. The smallest absolute Gasteiger partial charge is 0.275 e. The maximum absolute atomic E-state index is 13.3. The van der Waals surface area contributed by atoms with Gasteiger partial charge in [0.2, 0.25) is 0 Å². The zero-order valence-electron chi connectivity index (χ0n) is 17.8. The van der Waals surface area contributed by atoms with Gasteiger partial charge in [0.05, 0.1) is 46.3 Å². The van der Waals surface area contributed by atoms with Gasteiger partial charge in [-0.3, -0.25) is 19.6 Å². The molecule has 2 aromatic heterocycles. The molecule has 0 bridgehead atoms. The molecule has 0 fully saturated rings. The van der Waals surface area contributed by atoms with Crippen LogP contribution in [0.15, 0.2) is 54.7 Å². The Labute approximate surface area is 183 Å². The summed E-state index contributed by atoms with van der Waals surface area (Å²) in [6, 6.07) is 13.2. The third-order valence-corrected chi connectivity index (χ3v) is 5.10. The first-order chi connectivity index (χ1) is 15.4. The second-order valence-corrected chi connectivity index (χ2v) is 7.19. The van der Waals surface area contributed by atoms with Crippen LogP contribution < -0.4 is 10.1 Å². The van der Waals surface area contributed by atoms with Crippen molar-refractivity contribution in [2.75, 3.05) is 12.4 Å². The third kappa shape index (κ3) is 4.00. The summed E-state index contributed by atoms with van der Waals surface area (Å²) < 4.78 is 6.95. The van der Waals surface area contributed by atoms with Crippen molar-refractivity contribution in [3.8, 4) is 17.0 Å². The highest BCUT2D eigenvalue weighted by molar-refractivity contribution is 6.13. The lowest BCUT2D eigenvalue weighted by molar-refractivity contribution is -0.384. The Hall–Kier alpha value is -4.27. The van der Waals surface area contributed by atoms with E-state index in [1.165, 1.54) is 25.3 Å². The van der Waals surface area contributed by atoms with Crippen molar-refractivity contribution in [2.24, 2.45) is 0 Å². The molecule has 0 saturated carbocycles. The van der Waals surface area contributed by atoms with Crippen LogP contribution in [0, 0.1) is 17.0 Å². The lowest BCUT2D eigenvalue weighted by Crippen LogP contribution is -2.13. The van der Waals surface area contributed by atoms with E-state index in [2.05, 4.69) is 10.4 Å². The van der Waals surface area contributed by atoms with E-state index in [9.17, 15) is 14.9 Å². The highest BCUT2D eigenvalue weighted by Crippen LogP contribution is 2.29. The van der Waals surface area contributed by atoms with Crippen LogP contribution >= 0.6 is 0 Å². The highest BCUT2D eigenvalue weighted by atomic mass is 16.6. The minimum Gasteiger partial charge on any atom is -0.496 e. The van der Waals surface area contributed by atoms with Crippen molar-refractivity contribution in [1.29, 1.82) is 0 Å². The average molecular weight is 431 g/mol. The summed E-state index contributed by atoms with van der Waals surface area (Å²) in [7, 11) is 1.41. The van der Waals surface area contributed by atoms with Crippen LogP contribution in [0.3, 0.4) is 0 Å². The van der Waals surface area contributed by atoms with Gasteiger partial charge in [0.25, 0.3) is 11.6 Å². The molecule has 0 spiro atoms. The van der Waals surface area contributed by atoms with Crippen LogP contribution in [0.2, 0.25) is 0 Å². The number of nitrogens with zero attached hydrogens (tertiary/aromatic N) is 4. The number of hydrogen-bond acceptors (Lipinski definition) is 6. The van der Waals surface area contributed by atoms with Gasteiger partial charge in [-0.15, -0.1) is 0 Å². The van der Waals surface area contributed by atoms with Gasteiger partial charge in [0, 0.05) is 35.8 Å². The largest absolute Gasteiger partial charge is 0.496 e. The molecular weight excluding hydrogens is 410 g/mol. The highest BCUT2D eigenvalue weighted by Gasteiger charge is 2.18. The first kappa shape index (κ1) is 21.0. The molecule has 0 saturated heterocycles. The zero-order valence-corrected chi connectivity index (χ0v) is 17.8. The van der Waals surface area contributed by atoms with Gasteiger partial charge in [-0.2, -0.15) is 5.10 Å². The molecule has 0 aliphatic rings. The summed E-state index contributed by atoms with van der Waals surface area (Å²) in [5.74, 6) is -0.134. The number of nitrogens with one attached hydrogen (secondary N) is 1. The Morgan fingerprint density at radius 2 is 2.00 bits per heavy atom. The molecule has 1 amide bonds. The van der Waals surface area contributed by atoms with Crippen LogP contribution in [0.25, 0.3) is 22.2 Å². The van der Waals surface area contributed by atoms with E-state index in [0.717, 1.165) is 17.8 Å². The maximum atomic E-state index is 13.3. The molecule has 1 N–H and O–H groups in total. The molecule has 0 aliphatic heterocycles. The van der Waals surface area contributed by atoms with E-state index in [0.29, 0.717) is 22.2 Å². The number of methoxy groups -OCH3 is 1. The third-order valence-electron chi connectivity index (χ3n) is 5.10. The van der Waals surface area contributed by atoms with Crippen LogP contribution in [-0.4, -0.2) is 32.7 Å². The Morgan fingerprint density at radius 1 is 1.22 bits per heavy atom. The van der Waals surface area contributed by atoms with Gasteiger partial charge >= 0.3 is 0 Å². The molecule has 9 nitrogen and oxygen atoms in total. The molecular formula is C23H21N5O4. The summed E-state index contributed by atoms with van der Waals surface area (Å²) in [6.45, 7) is 4.61. The number of nitro groups is 1. The normalized spacial score (nSPS) is 10.8. The van der Waals surface area contributed by atoms with E-state index < -0.39 is 10.8 Å². The number of amides is 1. The van der Waals surface area contributed by atoms with Crippen LogP contribution in [0.1, 0.15) is 23.0 Å². The van der Waals surface area contributed by atoms with Crippen LogP contribution in [0.4, 0.5) is 11.4 Å². The molecule has 162 valence electrons. The molecule has 4 aromatic rings. The monoisotopic (exact) mass is 431 g/mol. The van der Waals surface area contributed by atoms with Gasteiger partial charge in [-0.05, 0) is 26.0 Å². The topological polar surface area (TPSA) is 112 Å². The zero-order chi connectivity index (χ0) is 22.8. The van der Waals surface area contributed by atoms with Gasteiger partial charge in [-0.25, -0.2) is 4.98 Å². The quantitative estimate of drug-likeness (QED) is 0.353. The number of aryl methyl sites for hydroxylation is 2. The average Bonchev–Trinajstić information content (AvgIpc) is 3.18. The number of anilines is 1. The molecule has 32 heavy (non-hydrogen) atoms. The number of hydrogen-bond donors (Lipinski definition) is 1. The summed E-state index contributed by atoms with van der Waals surface area (Å²) in [6.07, 6.45) is 1.90. The minimum atomic E-state index is -0.535. The Kier molecular flexibility index (Phi) is 5.55. The fraction of sp³-hybridized carbons (Fsp3) is 0.174. The molecule has 0 aliphatic carbocycles. The number of ether oxygens (including phenoxy) is 1. The number of nitro benzene ring substituents is 1. The Morgan fingerprint density at radius 3 is 2.69 bits per heavy atom. The van der Waals surface area contributed by atoms with E-state index in [1.54, 1.807) is 6.07 Å². The molecule has 9 heteroatoms. The lowest BCUT2D eigenvalue weighted by atomic mass is 10.0. The van der Waals surface area contributed by atoms with Crippen molar-refractivity contribution in [3.05, 3.63) is 76.1 Å². The predicted octanol–water partition coefficient (Wildman–Crippen LogP) is 4.60. The lowest BCUT2D eigenvalue weighted by Gasteiger charge is -2.11. The number of fused-ring (bicyclic) bond motifs is 1.